The second kappa shape index (κ2) is 6.37. The first-order valence-electron chi connectivity index (χ1n) is 7.13. The summed E-state index contributed by atoms with van der Waals surface area (Å²) in [5.74, 6) is 0.369. The van der Waals surface area contributed by atoms with Gasteiger partial charge < -0.3 is 14.8 Å². The zero-order valence-electron chi connectivity index (χ0n) is 13.1. The highest BCUT2D eigenvalue weighted by molar-refractivity contribution is 6.50. The van der Waals surface area contributed by atoms with Crippen LogP contribution in [0.2, 0.25) is 0 Å². The Kier molecular flexibility index (Phi) is 4.27. The molecule has 0 heterocycles. The van der Waals surface area contributed by atoms with E-state index >= 15 is 0 Å². The van der Waals surface area contributed by atoms with Gasteiger partial charge in [-0.25, -0.2) is 0 Å². The number of methoxy groups -OCH3 is 2. The molecule has 0 atom stereocenters. The second-order valence-electron chi connectivity index (χ2n) is 5.12. The lowest BCUT2D eigenvalue weighted by Gasteiger charge is -2.19. The van der Waals surface area contributed by atoms with E-state index < -0.39 is 0 Å². The summed E-state index contributed by atoms with van der Waals surface area (Å²) in [6.07, 6.45) is 0. The van der Waals surface area contributed by atoms with Crippen LogP contribution in [0.4, 0.5) is 5.69 Å². The van der Waals surface area contributed by atoms with Crippen molar-refractivity contribution in [2.75, 3.05) is 19.5 Å². The molecule has 0 saturated carbocycles. The van der Waals surface area contributed by atoms with Gasteiger partial charge in [0.1, 0.15) is 22.2 Å². The number of ketones is 2. The van der Waals surface area contributed by atoms with Crippen LogP contribution in [0, 0.1) is 0 Å². The highest BCUT2D eigenvalue weighted by Gasteiger charge is 2.31. The Morgan fingerprint density at radius 3 is 1.96 bits per heavy atom. The molecular formula is C18H14ClNO4. The van der Waals surface area contributed by atoms with E-state index in [0.29, 0.717) is 28.3 Å². The van der Waals surface area contributed by atoms with Crippen molar-refractivity contribution in [2.45, 2.75) is 0 Å². The van der Waals surface area contributed by atoms with Crippen LogP contribution in [-0.2, 0) is 0 Å². The van der Waals surface area contributed by atoms with Crippen LogP contribution in [-0.4, -0.2) is 25.8 Å². The predicted molar refractivity (Wildman–Crippen MR) is 91.2 cm³/mol. The molecule has 0 amide bonds. The molecule has 0 fully saturated rings. The zero-order chi connectivity index (χ0) is 17.3. The van der Waals surface area contributed by atoms with E-state index in [2.05, 4.69) is 5.32 Å². The van der Waals surface area contributed by atoms with Crippen LogP contribution in [0.5, 0.6) is 11.5 Å². The Hall–Kier alpha value is -2.79. The number of Topliss-reactive ketones (excluding diaryl/α,β-unsaturated/α-hetero) is 2. The van der Waals surface area contributed by atoms with E-state index in [9.17, 15) is 9.59 Å². The summed E-state index contributed by atoms with van der Waals surface area (Å²) in [6, 6.07) is 11.6. The molecule has 0 unspecified atom stereocenters. The topological polar surface area (TPSA) is 64.6 Å². The number of nitrogens with one attached hydrogen (secondary N) is 1. The molecule has 24 heavy (non-hydrogen) atoms. The molecule has 5 nitrogen and oxygen atoms in total. The highest BCUT2D eigenvalue weighted by atomic mass is 35.5. The first kappa shape index (κ1) is 16.1. The van der Waals surface area contributed by atoms with Crippen molar-refractivity contribution >= 4 is 28.9 Å². The van der Waals surface area contributed by atoms with E-state index in [0.717, 1.165) is 0 Å². The van der Waals surface area contributed by atoms with Crippen molar-refractivity contribution < 1.29 is 19.1 Å². The van der Waals surface area contributed by atoms with Crippen LogP contribution in [0.25, 0.3) is 0 Å². The minimum absolute atomic E-state index is 0.0377. The van der Waals surface area contributed by atoms with Gasteiger partial charge in [-0.2, -0.15) is 0 Å². The van der Waals surface area contributed by atoms with Gasteiger partial charge in [0.15, 0.2) is 0 Å². The molecular weight excluding hydrogens is 330 g/mol. The second-order valence-corrected chi connectivity index (χ2v) is 5.50. The number of benzene rings is 2. The van der Waals surface area contributed by atoms with Crippen LogP contribution in [0.15, 0.2) is 53.2 Å². The molecule has 6 heteroatoms. The van der Waals surface area contributed by atoms with Gasteiger partial charge >= 0.3 is 0 Å². The molecule has 0 aromatic heterocycles. The summed E-state index contributed by atoms with van der Waals surface area (Å²) in [4.78, 5) is 25.0. The van der Waals surface area contributed by atoms with Gasteiger partial charge in [0, 0.05) is 35.0 Å². The highest BCUT2D eigenvalue weighted by Crippen LogP contribution is 2.32. The van der Waals surface area contributed by atoms with Gasteiger partial charge in [-0.1, -0.05) is 35.9 Å². The maximum atomic E-state index is 12.7. The molecule has 1 aliphatic carbocycles. The van der Waals surface area contributed by atoms with Crippen molar-refractivity contribution in [2.24, 2.45) is 0 Å². The van der Waals surface area contributed by atoms with Crippen molar-refractivity contribution in [3.05, 3.63) is 64.3 Å². The number of rotatable bonds is 4. The lowest BCUT2D eigenvalue weighted by Crippen LogP contribution is -2.24. The Balaban J connectivity index is 2.03. The number of carbonyl (C=O) groups excluding carboxylic acids is 2. The summed E-state index contributed by atoms with van der Waals surface area (Å²) in [7, 11) is 3.05. The molecule has 2 aromatic rings. The molecule has 2 aromatic carbocycles. The summed E-state index contributed by atoms with van der Waals surface area (Å²) in [5.41, 5.74) is 1.20. The number of hydrogen-bond acceptors (Lipinski definition) is 5. The summed E-state index contributed by atoms with van der Waals surface area (Å²) in [5, 5.41) is 2.78. The maximum Gasteiger partial charge on any atom is 0.211 e. The van der Waals surface area contributed by atoms with E-state index in [1.165, 1.54) is 14.2 Å². The Morgan fingerprint density at radius 1 is 0.875 bits per heavy atom. The van der Waals surface area contributed by atoms with Gasteiger partial charge in [0.05, 0.1) is 14.2 Å². The summed E-state index contributed by atoms with van der Waals surface area (Å²) in [6.45, 7) is 0. The smallest absolute Gasteiger partial charge is 0.211 e. The van der Waals surface area contributed by atoms with Gasteiger partial charge in [0.2, 0.25) is 11.6 Å². The Bertz CT molecular complexity index is 851. The van der Waals surface area contributed by atoms with E-state index in [4.69, 9.17) is 21.1 Å². The Morgan fingerprint density at radius 2 is 1.42 bits per heavy atom. The average molecular weight is 344 g/mol. The number of halogens is 1. The molecule has 0 radical (unpaired) electrons. The standard InChI is InChI=1S/C18H14ClNO4/c1-23-11-7-10(8-12(9-11)24-2)20-16-15(19)17(21)13-5-3-4-6-14(13)18(16)22/h3-9,20H,1-2H3. The van der Waals surface area contributed by atoms with Gasteiger partial charge in [-0.15, -0.1) is 0 Å². The van der Waals surface area contributed by atoms with Crippen molar-refractivity contribution in [1.29, 1.82) is 0 Å². The predicted octanol–water partition coefficient (Wildman–Crippen LogP) is 3.65. The third kappa shape index (κ3) is 2.74. The number of ether oxygens (including phenoxy) is 2. The van der Waals surface area contributed by atoms with Crippen LogP contribution < -0.4 is 14.8 Å². The SMILES string of the molecule is COc1cc(NC2=C(Cl)C(=O)c3ccccc3C2=O)cc(OC)c1. The molecule has 0 saturated heterocycles. The van der Waals surface area contributed by atoms with Crippen LogP contribution in [0.3, 0.4) is 0 Å². The van der Waals surface area contributed by atoms with Crippen molar-refractivity contribution in [3.8, 4) is 11.5 Å². The van der Waals surface area contributed by atoms with Crippen molar-refractivity contribution in [1.82, 2.24) is 0 Å². The van der Waals surface area contributed by atoms with Gasteiger partial charge in [0.25, 0.3) is 0 Å². The fraction of sp³-hybridized carbons (Fsp3) is 0.111. The number of fused-ring (bicyclic) bond motifs is 1. The molecule has 1 aliphatic rings. The van der Waals surface area contributed by atoms with E-state index in [1.54, 1.807) is 42.5 Å². The summed E-state index contributed by atoms with van der Waals surface area (Å²) < 4.78 is 10.4. The van der Waals surface area contributed by atoms with Crippen LogP contribution in [0.1, 0.15) is 20.7 Å². The largest absolute Gasteiger partial charge is 0.497 e. The molecule has 0 bridgehead atoms. The molecule has 0 spiro atoms. The number of hydrogen-bond donors (Lipinski definition) is 1. The average Bonchev–Trinajstić information content (AvgIpc) is 2.63. The number of allylic oxidation sites excluding steroid dienone is 2. The van der Waals surface area contributed by atoms with Gasteiger partial charge in [-0.3, -0.25) is 9.59 Å². The third-order valence-electron chi connectivity index (χ3n) is 3.68. The number of carbonyl (C=O) groups is 2. The quantitative estimate of drug-likeness (QED) is 0.918. The van der Waals surface area contributed by atoms with E-state index in [1.807, 2.05) is 0 Å². The first-order chi connectivity index (χ1) is 11.5. The molecule has 0 aliphatic heterocycles. The monoisotopic (exact) mass is 343 g/mol. The van der Waals surface area contributed by atoms with E-state index in [-0.39, 0.29) is 22.3 Å². The minimum Gasteiger partial charge on any atom is -0.497 e. The fourth-order valence-corrected chi connectivity index (χ4v) is 2.72. The van der Waals surface area contributed by atoms with Gasteiger partial charge in [-0.05, 0) is 0 Å². The minimum atomic E-state index is -0.385. The zero-order valence-corrected chi connectivity index (χ0v) is 13.8. The first-order valence-corrected chi connectivity index (χ1v) is 7.51. The normalized spacial score (nSPS) is 13.6. The van der Waals surface area contributed by atoms with Crippen LogP contribution >= 0.6 is 11.6 Å². The maximum absolute atomic E-state index is 12.7. The molecule has 122 valence electrons. The lowest BCUT2D eigenvalue weighted by molar-refractivity contribution is 0.0982. The third-order valence-corrected chi connectivity index (χ3v) is 4.04. The summed E-state index contributed by atoms with van der Waals surface area (Å²) >= 11 is 6.14. The fourth-order valence-electron chi connectivity index (χ4n) is 2.48. The van der Waals surface area contributed by atoms with Crippen molar-refractivity contribution in [3.63, 3.8) is 0 Å². The lowest BCUT2D eigenvalue weighted by atomic mass is 9.92. The Labute approximate surface area is 143 Å². The molecule has 1 N–H and O–H groups in total. The molecule has 3 rings (SSSR count). The number of anilines is 1.